The van der Waals surface area contributed by atoms with Gasteiger partial charge in [-0.15, -0.1) is 0 Å². The Morgan fingerprint density at radius 2 is 1.20 bits per heavy atom. The summed E-state index contributed by atoms with van der Waals surface area (Å²) in [6, 6.07) is 15.6. The lowest BCUT2D eigenvalue weighted by Crippen LogP contribution is -2.58. The SMILES string of the molecule is CC(C)[C@H](NC(=O)[C@@H](CCC(=O)NCCS(=O)(=O)O)NC(=O)CCOCCOCCOCCOCCNC(=O)CCC(=O)N1Cc2ccccc2C#Cc2ccccc21)C(=O)NC(CCCNC(N)=O)C(=O)Nc1ccc(COC(=O)N(C)[C@H](C(N)=O)C(C)C)cc1. The number of benzene rings is 3. The number of fused-ring (bicyclic) bond motifs is 2. The van der Waals surface area contributed by atoms with Gasteiger partial charge >= 0.3 is 12.1 Å². The maximum Gasteiger partial charge on any atom is 0.410 e. The molecule has 0 fully saturated rings. The largest absolute Gasteiger partial charge is 0.445 e. The molecule has 92 heavy (non-hydrogen) atoms. The number of carbonyl (C=O) groups is 10. The van der Waals surface area contributed by atoms with Crippen molar-refractivity contribution in [1.82, 2.24) is 36.8 Å². The van der Waals surface area contributed by atoms with Crippen LogP contribution in [0.2, 0.25) is 0 Å². The Kier molecular flexibility index (Phi) is 33.1. The predicted molar refractivity (Wildman–Crippen MR) is 337 cm³/mol. The third-order valence-electron chi connectivity index (χ3n) is 14.0. The molecule has 1 aliphatic rings. The Labute approximate surface area is 535 Å². The zero-order chi connectivity index (χ0) is 67.6. The molecule has 4 rings (SSSR count). The highest BCUT2D eigenvalue weighted by molar-refractivity contribution is 7.85. The number of nitrogens with two attached hydrogens (primary N) is 2. The first-order valence-corrected chi connectivity index (χ1v) is 31.7. The van der Waals surface area contributed by atoms with Crippen molar-refractivity contribution in [3.8, 4) is 11.8 Å². The second-order valence-corrected chi connectivity index (χ2v) is 23.5. The number of rotatable bonds is 41. The highest BCUT2D eigenvalue weighted by Gasteiger charge is 2.33. The topological polar surface area (TPSA) is 414 Å². The van der Waals surface area contributed by atoms with Crippen LogP contribution in [-0.2, 0) is 85.3 Å². The average Bonchev–Trinajstić information content (AvgIpc) is 1.32. The summed E-state index contributed by atoms with van der Waals surface area (Å²) in [7, 11) is -3.00. The van der Waals surface area contributed by atoms with Crippen molar-refractivity contribution in [2.75, 3.05) is 95.5 Å². The van der Waals surface area contributed by atoms with Gasteiger partial charge in [-0.2, -0.15) is 8.42 Å². The number of para-hydroxylation sites is 1. The van der Waals surface area contributed by atoms with Crippen LogP contribution in [0, 0.1) is 23.7 Å². The van der Waals surface area contributed by atoms with Crippen LogP contribution in [-0.4, -0.2) is 187 Å². The Hall–Kier alpha value is -8.73. The molecule has 504 valence electrons. The van der Waals surface area contributed by atoms with Gasteiger partial charge in [0.2, 0.25) is 47.3 Å². The molecule has 29 nitrogen and oxygen atoms in total. The Morgan fingerprint density at radius 3 is 1.83 bits per heavy atom. The molecule has 30 heteroatoms. The van der Waals surface area contributed by atoms with Crippen LogP contribution < -0.4 is 53.6 Å². The highest BCUT2D eigenvalue weighted by Crippen LogP contribution is 2.26. The quantitative estimate of drug-likeness (QED) is 0.0218. The molecule has 0 radical (unpaired) electrons. The molecule has 11 amide bonds. The van der Waals surface area contributed by atoms with Crippen LogP contribution in [0.1, 0.15) is 94.9 Å². The van der Waals surface area contributed by atoms with E-state index in [4.69, 9.17) is 39.7 Å². The monoisotopic (exact) mass is 1310 g/mol. The maximum atomic E-state index is 14.0. The van der Waals surface area contributed by atoms with E-state index in [0.29, 0.717) is 17.8 Å². The van der Waals surface area contributed by atoms with Crippen LogP contribution in [0.25, 0.3) is 0 Å². The van der Waals surface area contributed by atoms with Gasteiger partial charge < -0.3 is 77.3 Å². The van der Waals surface area contributed by atoms with Crippen molar-refractivity contribution >= 4 is 80.9 Å². The number of carbonyl (C=O) groups excluding carboxylic acids is 10. The second kappa shape index (κ2) is 40.2. The summed E-state index contributed by atoms with van der Waals surface area (Å²) in [6.07, 6.45) is -1.57. The van der Waals surface area contributed by atoms with Crippen molar-refractivity contribution in [3.63, 3.8) is 0 Å². The summed E-state index contributed by atoms with van der Waals surface area (Å²) in [4.78, 5) is 132. The molecular formula is C62H87N11O18S. The van der Waals surface area contributed by atoms with Crippen LogP contribution in [0.3, 0.4) is 0 Å². The zero-order valence-corrected chi connectivity index (χ0v) is 53.4. The number of urea groups is 1. The van der Waals surface area contributed by atoms with Crippen molar-refractivity contribution < 1.29 is 84.6 Å². The minimum Gasteiger partial charge on any atom is -0.445 e. The van der Waals surface area contributed by atoms with Crippen molar-refractivity contribution in [2.24, 2.45) is 23.3 Å². The molecule has 3 aromatic carbocycles. The minimum absolute atomic E-state index is 0.00339. The van der Waals surface area contributed by atoms with E-state index in [9.17, 15) is 56.4 Å². The summed E-state index contributed by atoms with van der Waals surface area (Å²) >= 11 is 0. The summed E-state index contributed by atoms with van der Waals surface area (Å²) in [5.41, 5.74) is 14.7. The van der Waals surface area contributed by atoms with Gasteiger partial charge in [-0.3, -0.25) is 47.8 Å². The first-order valence-electron chi connectivity index (χ1n) is 30.1. The van der Waals surface area contributed by atoms with Gasteiger partial charge in [0.05, 0.1) is 70.8 Å². The van der Waals surface area contributed by atoms with E-state index in [2.05, 4.69) is 49.1 Å². The third kappa shape index (κ3) is 28.6. The molecular weight excluding hydrogens is 1220 g/mol. The van der Waals surface area contributed by atoms with E-state index in [-0.39, 0.29) is 134 Å². The van der Waals surface area contributed by atoms with Gasteiger partial charge in [0.15, 0.2) is 0 Å². The van der Waals surface area contributed by atoms with Crippen LogP contribution >= 0.6 is 0 Å². The number of ether oxygens (including phenoxy) is 5. The maximum absolute atomic E-state index is 14.0. The van der Waals surface area contributed by atoms with E-state index >= 15 is 0 Å². The molecule has 1 aliphatic heterocycles. The smallest absolute Gasteiger partial charge is 0.410 e. The summed E-state index contributed by atoms with van der Waals surface area (Å²) < 4.78 is 59.0. The lowest BCUT2D eigenvalue weighted by Gasteiger charge is -2.27. The molecule has 1 heterocycles. The molecule has 0 aromatic heterocycles. The fourth-order valence-corrected chi connectivity index (χ4v) is 9.50. The number of amides is 11. The third-order valence-corrected chi connectivity index (χ3v) is 14.7. The number of nitrogens with zero attached hydrogens (tertiary/aromatic N) is 2. The van der Waals surface area contributed by atoms with Gasteiger partial charge in [-0.05, 0) is 72.6 Å². The number of primary amides is 2. The van der Waals surface area contributed by atoms with E-state index in [0.717, 1.165) is 21.6 Å². The minimum atomic E-state index is -4.40. The molecule has 0 saturated heterocycles. The van der Waals surface area contributed by atoms with E-state index < -0.39 is 106 Å². The molecule has 1 unspecified atom stereocenters. The molecule has 0 spiro atoms. The lowest BCUT2D eigenvalue weighted by molar-refractivity contribution is -0.134. The van der Waals surface area contributed by atoms with Gasteiger partial charge in [0, 0.05) is 69.2 Å². The second-order valence-electron chi connectivity index (χ2n) is 21.9. The average molecular weight is 1310 g/mol. The Bertz CT molecular complexity index is 3140. The summed E-state index contributed by atoms with van der Waals surface area (Å²) in [5, 5.41) is 18.0. The highest BCUT2D eigenvalue weighted by atomic mass is 32.2. The van der Waals surface area contributed by atoms with Gasteiger partial charge in [0.25, 0.3) is 10.1 Å². The first kappa shape index (κ1) is 75.7. The van der Waals surface area contributed by atoms with E-state index in [1.165, 1.54) is 19.2 Å². The number of hydrogen-bond acceptors (Lipinski definition) is 17. The summed E-state index contributed by atoms with van der Waals surface area (Å²) in [6.45, 7) is 8.05. The number of nitrogens with one attached hydrogen (secondary N) is 7. The molecule has 0 bridgehead atoms. The van der Waals surface area contributed by atoms with Crippen molar-refractivity contribution in [1.29, 1.82) is 0 Å². The molecule has 4 atom stereocenters. The number of hydrogen-bond donors (Lipinski definition) is 10. The zero-order valence-electron chi connectivity index (χ0n) is 52.6. The fourth-order valence-electron chi connectivity index (χ4n) is 9.14. The Balaban J connectivity index is 1.19. The fraction of sp³-hybridized carbons (Fsp3) is 0.516. The van der Waals surface area contributed by atoms with Crippen molar-refractivity contribution in [2.45, 2.75) is 110 Å². The molecule has 3 aromatic rings. The predicted octanol–water partition coefficient (Wildman–Crippen LogP) is 1.35. The lowest BCUT2D eigenvalue weighted by atomic mass is 10.0. The van der Waals surface area contributed by atoms with Gasteiger partial charge in [-0.1, -0.05) is 82.0 Å². The normalized spacial score (nSPS) is 13.0. The molecule has 12 N–H and O–H groups in total. The van der Waals surface area contributed by atoms with E-state index in [1.807, 2.05) is 48.5 Å². The van der Waals surface area contributed by atoms with Gasteiger partial charge in [0.1, 0.15) is 30.8 Å². The number of likely N-dealkylation sites (N-methyl/N-ethyl adjacent to an activating group) is 1. The van der Waals surface area contributed by atoms with Gasteiger partial charge in [-0.25, -0.2) is 9.59 Å². The molecule has 0 saturated carbocycles. The van der Waals surface area contributed by atoms with E-state index in [1.54, 1.807) is 44.7 Å². The van der Waals surface area contributed by atoms with Crippen LogP contribution in [0.15, 0.2) is 72.8 Å². The summed E-state index contributed by atoms with van der Waals surface area (Å²) in [5.74, 6) is -0.193. The standard InChI is InChI=1S/C62H87N11O18S/c1-41(2)55(60(81)70-48(14-10-27-67-61(64)82)58(79)68-47-20-16-43(17-21-47)40-91-62(83)72(5)56(42(3)4)57(63)78)71-59(80)49(22-23-51(74)66-29-38-92(84,85)86)69-53(76)26-30-87-32-34-89-36-37-90-35-33-88-31-28-65-52(75)24-25-54(77)73-39-46-13-7-6-11-44(46)18-19-45-12-8-9-15-50(45)73/h6-9,11-13,15-17,20-21,41-42,48-49,55-56H,10,14,22-40H2,1-5H3,(H2,63,78)(H,65,75)(H,66,74)(H,68,79)(H,69,76)(H,70,81)(H,71,80)(H3,64,67,82)(H,84,85,86)/t48?,49-,55+,56+/m1/s1. The molecule has 0 aliphatic carbocycles. The first-order chi connectivity index (χ1) is 43.8. The number of anilines is 2. The van der Waals surface area contributed by atoms with Crippen LogP contribution in [0.4, 0.5) is 21.0 Å². The Morgan fingerprint density at radius 1 is 0.609 bits per heavy atom. The van der Waals surface area contributed by atoms with Crippen LogP contribution in [0.5, 0.6) is 0 Å². The van der Waals surface area contributed by atoms with Crippen molar-refractivity contribution in [3.05, 3.63) is 95.1 Å².